The van der Waals surface area contributed by atoms with Crippen LogP contribution in [0.3, 0.4) is 0 Å². The van der Waals surface area contributed by atoms with Gasteiger partial charge in [-0.05, 0) is 12.3 Å². The Kier molecular flexibility index (Phi) is 7.21. The van der Waals surface area contributed by atoms with Crippen molar-refractivity contribution >= 4 is 12.0 Å². The van der Waals surface area contributed by atoms with Gasteiger partial charge in [-0.1, -0.05) is 39.8 Å². The average Bonchev–Trinajstić information content (AvgIpc) is 3.09. The van der Waals surface area contributed by atoms with Gasteiger partial charge in [-0.15, -0.1) is 0 Å². The van der Waals surface area contributed by atoms with Gasteiger partial charge in [-0.3, -0.25) is 4.79 Å². The third-order valence-corrected chi connectivity index (χ3v) is 4.35. The summed E-state index contributed by atoms with van der Waals surface area (Å²) in [6, 6.07) is 0. The van der Waals surface area contributed by atoms with Crippen LogP contribution >= 0.6 is 0 Å². The maximum absolute atomic E-state index is 12.4. The standard InChI is InChI=1S/C19H32N4O4/c1-14(2)13-26-18(25)23-11-9-22(10-12-23)16(24)8-6-7-15-20-17(21-27-15)19(3,4)5/h14H,6-13H2,1-5H3. The maximum Gasteiger partial charge on any atom is 0.409 e. The van der Waals surface area contributed by atoms with Gasteiger partial charge in [0.05, 0.1) is 6.61 Å². The van der Waals surface area contributed by atoms with Gasteiger partial charge in [0, 0.05) is 44.4 Å². The van der Waals surface area contributed by atoms with Crippen LogP contribution in [-0.2, 0) is 21.4 Å². The Labute approximate surface area is 161 Å². The van der Waals surface area contributed by atoms with E-state index >= 15 is 0 Å². The average molecular weight is 380 g/mol. The van der Waals surface area contributed by atoms with Crippen LogP contribution in [-0.4, -0.2) is 64.7 Å². The molecule has 0 unspecified atom stereocenters. The van der Waals surface area contributed by atoms with Crippen LogP contribution in [0.5, 0.6) is 0 Å². The number of rotatable bonds is 6. The lowest BCUT2D eigenvalue weighted by atomic mass is 9.96. The number of amides is 2. The summed E-state index contributed by atoms with van der Waals surface area (Å²) in [7, 11) is 0. The zero-order valence-corrected chi connectivity index (χ0v) is 17.2. The number of aromatic nitrogens is 2. The Morgan fingerprint density at radius 3 is 2.33 bits per heavy atom. The molecule has 0 spiro atoms. The Morgan fingerprint density at radius 2 is 1.78 bits per heavy atom. The van der Waals surface area contributed by atoms with Crippen molar-refractivity contribution in [3.05, 3.63) is 11.7 Å². The van der Waals surface area contributed by atoms with Crippen molar-refractivity contribution in [3.8, 4) is 0 Å². The highest BCUT2D eigenvalue weighted by molar-refractivity contribution is 5.76. The van der Waals surface area contributed by atoms with Crippen molar-refractivity contribution in [1.29, 1.82) is 0 Å². The van der Waals surface area contributed by atoms with Gasteiger partial charge < -0.3 is 19.1 Å². The Morgan fingerprint density at radius 1 is 1.15 bits per heavy atom. The fourth-order valence-corrected chi connectivity index (χ4v) is 2.68. The van der Waals surface area contributed by atoms with Crippen molar-refractivity contribution in [2.45, 2.75) is 59.3 Å². The molecule has 0 atom stereocenters. The minimum Gasteiger partial charge on any atom is -0.449 e. The first-order chi connectivity index (χ1) is 12.7. The second kappa shape index (κ2) is 9.19. The van der Waals surface area contributed by atoms with E-state index in [4.69, 9.17) is 9.26 Å². The second-order valence-corrected chi connectivity index (χ2v) is 8.45. The number of carbonyl (C=O) groups excluding carboxylic acids is 2. The summed E-state index contributed by atoms with van der Waals surface area (Å²) in [5.41, 5.74) is -0.145. The lowest BCUT2D eigenvalue weighted by Crippen LogP contribution is -2.50. The topological polar surface area (TPSA) is 88.8 Å². The summed E-state index contributed by atoms with van der Waals surface area (Å²) < 4.78 is 10.5. The van der Waals surface area contributed by atoms with Crippen molar-refractivity contribution < 1.29 is 18.8 Å². The van der Waals surface area contributed by atoms with E-state index in [1.165, 1.54) is 0 Å². The summed E-state index contributed by atoms with van der Waals surface area (Å²) in [6.45, 7) is 12.6. The highest BCUT2D eigenvalue weighted by Crippen LogP contribution is 2.19. The molecule has 0 saturated carbocycles. The summed E-state index contributed by atoms with van der Waals surface area (Å²) in [5.74, 6) is 1.67. The first-order valence-corrected chi connectivity index (χ1v) is 9.69. The first kappa shape index (κ1) is 21.2. The second-order valence-electron chi connectivity index (χ2n) is 8.45. The van der Waals surface area contributed by atoms with Gasteiger partial charge in [-0.25, -0.2) is 4.79 Å². The van der Waals surface area contributed by atoms with Gasteiger partial charge in [-0.2, -0.15) is 4.98 Å². The number of piperazine rings is 1. The molecular formula is C19H32N4O4. The summed E-state index contributed by atoms with van der Waals surface area (Å²) >= 11 is 0. The van der Waals surface area contributed by atoms with Crippen LogP contribution in [0.15, 0.2) is 4.52 Å². The van der Waals surface area contributed by atoms with Gasteiger partial charge in [0.15, 0.2) is 5.82 Å². The number of carbonyl (C=O) groups is 2. The molecule has 2 heterocycles. The normalized spacial score (nSPS) is 15.3. The molecule has 27 heavy (non-hydrogen) atoms. The quantitative estimate of drug-likeness (QED) is 0.754. The zero-order chi connectivity index (χ0) is 20.0. The van der Waals surface area contributed by atoms with Gasteiger partial charge in [0.25, 0.3) is 0 Å². The maximum atomic E-state index is 12.4. The third-order valence-electron chi connectivity index (χ3n) is 4.35. The van der Waals surface area contributed by atoms with E-state index in [1.54, 1.807) is 9.80 Å². The van der Waals surface area contributed by atoms with E-state index in [2.05, 4.69) is 10.1 Å². The van der Waals surface area contributed by atoms with Gasteiger partial charge >= 0.3 is 6.09 Å². The van der Waals surface area contributed by atoms with Crippen molar-refractivity contribution in [2.75, 3.05) is 32.8 Å². The Hall–Kier alpha value is -2.12. The fourth-order valence-electron chi connectivity index (χ4n) is 2.68. The van der Waals surface area contributed by atoms with E-state index in [-0.39, 0.29) is 17.4 Å². The van der Waals surface area contributed by atoms with E-state index in [9.17, 15) is 9.59 Å². The molecule has 1 aromatic rings. The Balaban J connectivity index is 1.69. The molecular weight excluding hydrogens is 348 g/mol. The first-order valence-electron chi connectivity index (χ1n) is 9.69. The molecule has 0 N–H and O–H groups in total. The molecule has 0 aliphatic carbocycles. The summed E-state index contributed by atoms with van der Waals surface area (Å²) in [5, 5.41) is 3.99. The monoisotopic (exact) mass is 380 g/mol. The van der Waals surface area contributed by atoms with Crippen molar-refractivity contribution in [2.24, 2.45) is 5.92 Å². The van der Waals surface area contributed by atoms with Crippen LogP contribution < -0.4 is 0 Å². The van der Waals surface area contributed by atoms with Crippen molar-refractivity contribution in [1.82, 2.24) is 19.9 Å². The Bertz CT molecular complexity index is 628. The number of aryl methyl sites for hydroxylation is 1. The van der Waals surface area contributed by atoms with E-state index in [0.717, 1.165) is 0 Å². The SMILES string of the molecule is CC(C)COC(=O)N1CCN(C(=O)CCCc2nc(C(C)(C)C)no2)CC1. The fraction of sp³-hybridized carbons (Fsp3) is 0.789. The van der Waals surface area contributed by atoms with Crippen LogP contribution in [0.1, 0.15) is 59.2 Å². The molecule has 0 radical (unpaired) electrons. The molecule has 1 aliphatic rings. The number of ether oxygens (including phenoxy) is 1. The highest BCUT2D eigenvalue weighted by Gasteiger charge is 2.25. The van der Waals surface area contributed by atoms with E-state index < -0.39 is 0 Å². The van der Waals surface area contributed by atoms with Crippen molar-refractivity contribution in [3.63, 3.8) is 0 Å². The molecule has 2 rings (SSSR count). The van der Waals surface area contributed by atoms with Crippen LogP contribution in [0.25, 0.3) is 0 Å². The molecule has 2 amide bonds. The molecule has 8 nitrogen and oxygen atoms in total. The predicted octanol–water partition coefficient (Wildman–Crippen LogP) is 2.63. The minimum atomic E-state index is -0.290. The number of nitrogens with zero attached hydrogens (tertiary/aromatic N) is 4. The smallest absolute Gasteiger partial charge is 0.409 e. The molecule has 1 saturated heterocycles. The molecule has 0 bridgehead atoms. The molecule has 1 fully saturated rings. The van der Waals surface area contributed by atoms with Crippen LogP contribution in [0.2, 0.25) is 0 Å². The number of hydrogen-bond donors (Lipinski definition) is 0. The largest absolute Gasteiger partial charge is 0.449 e. The summed E-state index contributed by atoms with van der Waals surface area (Å²) in [4.78, 5) is 32.2. The van der Waals surface area contributed by atoms with Gasteiger partial charge in [0.1, 0.15) is 0 Å². The van der Waals surface area contributed by atoms with Crippen LogP contribution in [0.4, 0.5) is 4.79 Å². The van der Waals surface area contributed by atoms with Crippen LogP contribution in [0, 0.1) is 5.92 Å². The zero-order valence-electron chi connectivity index (χ0n) is 17.2. The summed E-state index contributed by atoms with van der Waals surface area (Å²) in [6.07, 6.45) is 1.41. The molecule has 8 heteroatoms. The molecule has 1 aromatic heterocycles. The third kappa shape index (κ3) is 6.52. The minimum absolute atomic E-state index is 0.0979. The lowest BCUT2D eigenvalue weighted by molar-refractivity contribution is -0.132. The number of hydrogen-bond acceptors (Lipinski definition) is 6. The predicted molar refractivity (Wildman–Crippen MR) is 100 cm³/mol. The van der Waals surface area contributed by atoms with Gasteiger partial charge in [0.2, 0.25) is 11.8 Å². The molecule has 1 aliphatic heterocycles. The van der Waals surface area contributed by atoms with E-state index in [0.29, 0.717) is 69.7 Å². The molecule has 0 aromatic carbocycles. The highest BCUT2D eigenvalue weighted by atomic mass is 16.6. The molecule has 152 valence electrons. The lowest BCUT2D eigenvalue weighted by Gasteiger charge is -2.34. The van der Waals surface area contributed by atoms with E-state index in [1.807, 2.05) is 34.6 Å².